The Labute approximate surface area is 248 Å². The number of hydrogen-bond acceptors (Lipinski definition) is 7. The molecule has 0 bridgehead atoms. The standard InChI is InChI=1S/C32H44N4O6/c1-23-6-7-26-27(20-23)41-17-5-12-34-31(39)32(8-3-4-11-33-29(26)37)9-13-36(14-10-32)30(38)28-21-25(24(2)42-28)22-35-15-18-40-19-16-35/h6-7,20-21H,3-5,8-19,22H2,1-2H3,(H,33,37)(H,34,39). The van der Waals surface area contributed by atoms with E-state index in [4.69, 9.17) is 13.9 Å². The first-order valence-corrected chi connectivity index (χ1v) is 15.3. The van der Waals surface area contributed by atoms with Crippen LogP contribution >= 0.6 is 0 Å². The van der Waals surface area contributed by atoms with Crippen LogP contribution in [0.2, 0.25) is 0 Å². The largest absolute Gasteiger partial charge is 0.493 e. The first kappa shape index (κ1) is 30.1. The Morgan fingerprint density at radius 2 is 1.67 bits per heavy atom. The van der Waals surface area contributed by atoms with E-state index in [9.17, 15) is 14.4 Å². The number of aryl methyl sites for hydroxylation is 2. The number of carbonyl (C=O) groups excluding carboxylic acids is 3. The number of benzene rings is 1. The Morgan fingerprint density at radius 1 is 0.905 bits per heavy atom. The Hall–Kier alpha value is -3.37. The minimum absolute atomic E-state index is 0.0476. The summed E-state index contributed by atoms with van der Waals surface area (Å²) in [5, 5.41) is 6.16. The van der Waals surface area contributed by atoms with Crippen molar-refractivity contribution in [2.45, 2.75) is 58.9 Å². The molecule has 3 aliphatic heterocycles. The average Bonchev–Trinajstić information content (AvgIpc) is 3.36. The van der Waals surface area contributed by atoms with Gasteiger partial charge < -0.3 is 29.4 Å². The van der Waals surface area contributed by atoms with E-state index < -0.39 is 5.41 Å². The molecule has 1 aromatic carbocycles. The summed E-state index contributed by atoms with van der Waals surface area (Å²) in [6.07, 6.45) is 4.11. The summed E-state index contributed by atoms with van der Waals surface area (Å²) < 4.78 is 17.3. The van der Waals surface area contributed by atoms with E-state index in [-0.39, 0.29) is 17.7 Å². The van der Waals surface area contributed by atoms with E-state index >= 15 is 0 Å². The molecule has 2 saturated heterocycles. The Morgan fingerprint density at radius 3 is 2.45 bits per heavy atom. The number of morpholine rings is 1. The maximum absolute atomic E-state index is 13.6. The number of ether oxygens (including phenoxy) is 2. The molecule has 0 unspecified atom stereocenters. The predicted molar refractivity (Wildman–Crippen MR) is 158 cm³/mol. The molecule has 42 heavy (non-hydrogen) atoms. The molecule has 0 atom stereocenters. The van der Waals surface area contributed by atoms with E-state index in [1.54, 1.807) is 6.07 Å². The van der Waals surface area contributed by atoms with Crippen molar-refractivity contribution in [2.75, 3.05) is 59.1 Å². The summed E-state index contributed by atoms with van der Waals surface area (Å²) in [6, 6.07) is 7.47. The van der Waals surface area contributed by atoms with Crippen LogP contribution in [0.1, 0.15) is 76.3 Å². The molecule has 3 aliphatic rings. The van der Waals surface area contributed by atoms with Gasteiger partial charge in [-0.05, 0) is 69.7 Å². The van der Waals surface area contributed by atoms with Crippen LogP contribution in [0.15, 0.2) is 28.7 Å². The van der Waals surface area contributed by atoms with Gasteiger partial charge in [-0.2, -0.15) is 0 Å². The molecule has 5 rings (SSSR count). The zero-order valence-electron chi connectivity index (χ0n) is 25.0. The normalized spacial score (nSPS) is 21.0. The van der Waals surface area contributed by atoms with E-state index in [2.05, 4.69) is 15.5 Å². The minimum atomic E-state index is -0.539. The molecule has 10 nitrogen and oxygen atoms in total. The second-order valence-electron chi connectivity index (χ2n) is 11.8. The number of likely N-dealkylation sites (tertiary alicyclic amines) is 1. The highest BCUT2D eigenvalue weighted by Crippen LogP contribution is 2.38. The van der Waals surface area contributed by atoms with Crippen LogP contribution in [-0.2, 0) is 16.1 Å². The van der Waals surface area contributed by atoms with E-state index in [0.717, 1.165) is 62.6 Å². The van der Waals surface area contributed by atoms with Crippen LogP contribution in [-0.4, -0.2) is 86.6 Å². The summed E-state index contributed by atoms with van der Waals surface area (Å²) >= 11 is 0. The third-order valence-electron chi connectivity index (χ3n) is 8.83. The summed E-state index contributed by atoms with van der Waals surface area (Å²) in [7, 11) is 0. The fourth-order valence-electron chi connectivity index (χ4n) is 6.13. The highest BCUT2D eigenvalue weighted by atomic mass is 16.5. The summed E-state index contributed by atoms with van der Waals surface area (Å²) in [6.45, 7) is 10.2. The van der Waals surface area contributed by atoms with Crippen LogP contribution in [0, 0.1) is 19.3 Å². The Bertz CT molecular complexity index is 1260. The zero-order chi connectivity index (χ0) is 29.5. The van der Waals surface area contributed by atoms with Gasteiger partial charge in [-0.25, -0.2) is 0 Å². The number of nitrogens with zero attached hydrogens (tertiary/aromatic N) is 2. The third kappa shape index (κ3) is 7.15. The monoisotopic (exact) mass is 580 g/mol. The van der Waals surface area contributed by atoms with E-state index in [1.807, 2.05) is 36.9 Å². The lowest BCUT2D eigenvalue weighted by Gasteiger charge is -2.40. The number of hydrogen-bond donors (Lipinski definition) is 2. The maximum Gasteiger partial charge on any atom is 0.289 e. The van der Waals surface area contributed by atoms with Gasteiger partial charge in [0.15, 0.2) is 5.76 Å². The lowest BCUT2D eigenvalue weighted by Crippen LogP contribution is -2.50. The molecule has 0 radical (unpaired) electrons. The van der Waals surface area contributed by atoms with E-state index in [1.165, 1.54) is 0 Å². The van der Waals surface area contributed by atoms with Crippen molar-refractivity contribution < 1.29 is 28.3 Å². The topological polar surface area (TPSA) is 113 Å². The SMILES string of the molecule is Cc1ccc2c(c1)OCCCNC(=O)C1(CCCCNC2=O)CCN(C(=O)c2cc(CN3CCOCC3)c(C)o2)CC1. The average molecular weight is 581 g/mol. The van der Waals surface area contributed by atoms with Gasteiger partial charge in [0.25, 0.3) is 11.8 Å². The molecule has 2 N–H and O–H groups in total. The maximum atomic E-state index is 13.6. The third-order valence-corrected chi connectivity index (χ3v) is 8.83. The predicted octanol–water partition coefficient (Wildman–Crippen LogP) is 3.45. The van der Waals surface area contributed by atoms with Gasteiger partial charge in [-0.15, -0.1) is 0 Å². The van der Waals surface area contributed by atoms with Crippen molar-refractivity contribution >= 4 is 17.7 Å². The van der Waals surface area contributed by atoms with Crippen LogP contribution in [0.3, 0.4) is 0 Å². The molecule has 3 amide bonds. The van der Waals surface area contributed by atoms with Crippen molar-refractivity contribution in [3.05, 3.63) is 52.5 Å². The lowest BCUT2D eigenvalue weighted by atomic mass is 9.73. The van der Waals surface area contributed by atoms with Gasteiger partial charge in [-0.3, -0.25) is 19.3 Å². The second-order valence-corrected chi connectivity index (χ2v) is 11.8. The number of rotatable bonds is 3. The highest BCUT2D eigenvalue weighted by molar-refractivity contribution is 5.97. The quantitative estimate of drug-likeness (QED) is 0.572. The second kappa shape index (κ2) is 13.7. The van der Waals surface area contributed by atoms with Gasteiger partial charge in [0.2, 0.25) is 5.91 Å². The Balaban J connectivity index is 1.19. The first-order valence-electron chi connectivity index (χ1n) is 15.3. The molecule has 2 aromatic rings. The molecule has 1 spiro atoms. The molecule has 228 valence electrons. The van der Waals surface area contributed by atoms with Crippen LogP contribution in [0.5, 0.6) is 5.75 Å². The van der Waals surface area contributed by atoms with Crippen LogP contribution in [0.4, 0.5) is 0 Å². The number of fused-ring (bicyclic) bond motifs is 1. The van der Waals surface area contributed by atoms with Gasteiger partial charge in [0.05, 0.1) is 30.8 Å². The molecular weight excluding hydrogens is 536 g/mol. The molecule has 2 fully saturated rings. The molecular formula is C32H44N4O6. The molecule has 0 aliphatic carbocycles. The van der Waals surface area contributed by atoms with Crippen molar-refractivity contribution in [1.82, 2.24) is 20.4 Å². The number of nitrogens with one attached hydrogen (secondary N) is 2. The lowest BCUT2D eigenvalue weighted by molar-refractivity contribution is -0.134. The van der Waals surface area contributed by atoms with E-state index in [0.29, 0.717) is 75.5 Å². The van der Waals surface area contributed by atoms with Crippen molar-refractivity contribution in [3.63, 3.8) is 0 Å². The van der Waals surface area contributed by atoms with Gasteiger partial charge >= 0.3 is 0 Å². The van der Waals surface area contributed by atoms with Crippen molar-refractivity contribution in [2.24, 2.45) is 5.41 Å². The molecule has 10 heteroatoms. The number of amides is 3. The van der Waals surface area contributed by atoms with Crippen LogP contribution < -0.4 is 15.4 Å². The van der Waals surface area contributed by atoms with Gasteiger partial charge in [-0.1, -0.05) is 12.5 Å². The molecule has 0 saturated carbocycles. The molecule has 4 heterocycles. The fraction of sp³-hybridized carbons (Fsp3) is 0.594. The fourth-order valence-corrected chi connectivity index (χ4v) is 6.13. The first-order chi connectivity index (χ1) is 20.3. The number of carbonyl (C=O) groups is 3. The summed E-state index contributed by atoms with van der Waals surface area (Å²) in [5.41, 5.74) is 2.05. The molecule has 1 aromatic heterocycles. The number of piperidine rings is 1. The highest BCUT2D eigenvalue weighted by Gasteiger charge is 2.42. The van der Waals surface area contributed by atoms with Gasteiger partial charge in [0.1, 0.15) is 11.5 Å². The zero-order valence-corrected chi connectivity index (χ0v) is 25.0. The summed E-state index contributed by atoms with van der Waals surface area (Å²) in [5.74, 6) is 1.50. The van der Waals surface area contributed by atoms with Crippen molar-refractivity contribution in [3.8, 4) is 5.75 Å². The minimum Gasteiger partial charge on any atom is -0.493 e. The smallest absolute Gasteiger partial charge is 0.289 e. The Kier molecular flexibility index (Phi) is 9.84. The van der Waals surface area contributed by atoms with Crippen LogP contribution in [0.25, 0.3) is 0 Å². The van der Waals surface area contributed by atoms with Gasteiger partial charge in [0, 0.05) is 51.4 Å². The number of furan rings is 1. The van der Waals surface area contributed by atoms with Crippen molar-refractivity contribution in [1.29, 1.82) is 0 Å². The summed E-state index contributed by atoms with van der Waals surface area (Å²) in [4.78, 5) is 43.9.